The van der Waals surface area contributed by atoms with Gasteiger partial charge in [0.05, 0.1) is 27.8 Å². The van der Waals surface area contributed by atoms with Gasteiger partial charge < -0.3 is 18.9 Å². The molecule has 20 rings (SSSR count). The molecule has 0 bridgehead atoms. The summed E-state index contributed by atoms with van der Waals surface area (Å²) in [4.78, 5) is 4.73. The van der Waals surface area contributed by atoms with E-state index in [4.69, 9.17) is 0 Å². The number of fused-ring (bicyclic) bond motifs is 7. The first-order valence-corrected chi connectivity index (χ1v) is 37.8. The molecule has 0 radical (unpaired) electrons. The fraction of sp³-hybridized carbons (Fsp3) is 0. The van der Waals surface area contributed by atoms with Crippen molar-refractivity contribution in [3.63, 3.8) is 0 Å². The maximum atomic E-state index is 2.43. The number of anilines is 6. The summed E-state index contributed by atoms with van der Waals surface area (Å²) in [5.74, 6) is 0. The van der Waals surface area contributed by atoms with E-state index in [9.17, 15) is 0 Å². The predicted octanol–water partition coefficient (Wildman–Crippen LogP) is 29.3. The molecule has 0 saturated heterocycles. The Hall–Kier alpha value is -14.6. The first kappa shape index (κ1) is 65.0. The minimum atomic E-state index is 1.07. The lowest BCUT2D eigenvalue weighted by Gasteiger charge is -2.26. The second-order valence-electron chi connectivity index (χ2n) is 28.4. The van der Waals surface area contributed by atoms with E-state index in [0.717, 1.165) is 84.3 Å². The van der Waals surface area contributed by atoms with Crippen molar-refractivity contribution in [3.8, 4) is 100 Å². The van der Waals surface area contributed by atoms with Gasteiger partial charge in [-0.25, -0.2) is 0 Å². The summed E-state index contributed by atoms with van der Waals surface area (Å²) < 4.78 is 4.82. The summed E-state index contributed by atoms with van der Waals surface area (Å²) in [6.07, 6.45) is 0. The van der Waals surface area contributed by atoms with Crippen LogP contribution in [0.3, 0.4) is 0 Å². The molecule has 0 aliphatic carbocycles. The van der Waals surface area contributed by atoms with E-state index in [0.29, 0.717) is 0 Å². The first-order valence-electron chi connectivity index (χ1n) is 37.8. The first-order chi connectivity index (χ1) is 54.5. The quantitative estimate of drug-likeness (QED) is 0.0959. The zero-order valence-corrected chi connectivity index (χ0v) is 60.4. The molecule has 20 aromatic rings. The van der Waals surface area contributed by atoms with Gasteiger partial charge in [0, 0.05) is 66.7 Å². The van der Waals surface area contributed by atoms with Crippen molar-refractivity contribution >= 4 is 88.5 Å². The topological polar surface area (TPSA) is 16.3 Å². The van der Waals surface area contributed by atoms with E-state index >= 15 is 0 Å². The van der Waals surface area contributed by atoms with Crippen LogP contribution in [-0.2, 0) is 0 Å². The van der Waals surface area contributed by atoms with Gasteiger partial charge >= 0.3 is 0 Å². The normalized spacial score (nSPS) is 11.5. The van der Waals surface area contributed by atoms with Gasteiger partial charge in [-0.05, 0) is 228 Å². The molecule has 516 valence electrons. The van der Waals surface area contributed by atoms with E-state index in [-0.39, 0.29) is 0 Å². The average molecular weight is 1400 g/mol. The van der Waals surface area contributed by atoms with Crippen LogP contribution in [-0.4, -0.2) is 9.13 Å². The molecule has 0 N–H and O–H groups in total. The highest BCUT2D eigenvalue weighted by molar-refractivity contribution is 6.13. The Morgan fingerprint density at radius 1 is 0.145 bits per heavy atom. The SMILES string of the molecule is c1ccc(-c2ccc(N(c3ccc(-c4ccc(-c5cccc(-c6ccc(N(c7ccc(-c8ccccc8)cc7)c7ccc(-c8ccc9c(c8)c8ccccc8n9-c8cccc9ccccc89)cc7)cc6)c5)cc4)cc3)c3ccc(-c4ccc5c(c4)c4ccccc4n5-c4ccc(-c5ccccc5)cc4)cc3)cc2)cc1. The van der Waals surface area contributed by atoms with Crippen molar-refractivity contribution in [2.24, 2.45) is 0 Å². The van der Waals surface area contributed by atoms with E-state index in [2.05, 4.69) is 456 Å². The maximum absolute atomic E-state index is 2.43. The second kappa shape index (κ2) is 28.0. The van der Waals surface area contributed by atoms with Crippen LogP contribution in [0, 0.1) is 0 Å². The Morgan fingerprint density at radius 2 is 0.391 bits per heavy atom. The number of nitrogens with zero attached hydrogens (tertiary/aromatic N) is 4. The van der Waals surface area contributed by atoms with Gasteiger partial charge in [-0.1, -0.05) is 303 Å². The van der Waals surface area contributed by atoms with E-state index < -0.39 is 0 Å². The Morgan fingerprint density at radius 3 is 0.782 bits per heavy atom. The summed E-state index contributed by atoms with van der Waals surface area (Å²) in [6, 6.07) is 159. The Balaban J connectivity index is 0.565. The molecule has 0 aliphatic rings. The van der Waals surface area contributed by atoms with Crippen molar-refractivity contribution in [2.75, 3.05) is 9.80 Å². The maximum Gasteiger partial charge on any atom is 0.0541 e. The predicted molar refractivity (Wildman–Crippen MR) is 465 cm³/mol. The summed E-state index contributed by atoms with van der Waals surface area (Å²) in [5, 5.41) is 7.39. The fourth-order valence-electron chi connectivity index (χ4n) is 16.4. The van der Waals surface area contributed by atoms with Crippen molar-refractivity contribution in [1.82, 2.24) is 9.13 Å². The van der Waals surface area contributed by atoms with Crippen LogP contribution in [0.5, 0.6) is 0 Å². The summed E-state index contributed by atoms with van der Waals surface area (Å²) in [5.41, 5.74) is 32.3. The smallest absolute Gasteiger partial charge is 0.0541 e. The van der Waals surface area contributed by atoms with E-state index in [1.807, 2.05) is 0 Å². The Labute approximate surface area is 640 Å². The van der Waals surface area contributed by atoms with Crippen LogP contribution in [0.4, 0.5) is 34.1 Å². The van der Waals surface area contributed by atoms with Gasteiger partial charge in [-0.2, -0.15) is 0 Å². The van der Waals surface area contributed by atoms with Gasteiger partial charge in [0.1, 0.15) is 0 Å². The lowest BCUT2D eigenvalue weighted by Crippen LogP contribution is -2.09. The lowest BCUT2D eigenvalue weighted by molar-refractivity contribution is 1.18. The number of aromatic nitrogens is 2. The van der Waals surface area contributed by atoms with Gasteiger partial charge in [0.25, 0.3) is 0 Å². The highest BCUT2D eigenvalue weighted by atomic mass is 15.1. The number of benzene rings is 18. The van der Waals surface area contributed by atoms with Crippen molar-refractivity contribution in [1.29, 1.82) is 0 Å². The Bertz CT molecular complexity index is 6720. The zero-order chi connectivity index (χ0) is 72.9. The number of rotatable bonds is 16. The molecule has 2 heterocycles. The summed E-state index contributed by atoms with van der Waals surface area (Å²) >= 11 is 0. The number of hydrogen-bond acceptors (Lipinski definition) is 2. The third-order valence-corrected chi connectivity index (χ3v) is 22.0. The largest absolute Gasteiger partial charge is 0.311 e. The highest BCUT2D eigenvalue weighted by Crippen LogP contribution is 2.44. The molecule has 0 aliphatic heterocycles. The Kier molecular flexibility index (Phi) is 16.6. The fourth-order valence-corrected chi connectivity index (χ4v) is 16.4. The molecule has 0 saturated carbocycles. The summed E-state index contributed by atoms with van der Waals surface area (Å²) in [6.45, 7) is 0. The zero-order valence-electron chi connectivity index (χ0n) is 60.4. The van der Waals surface area contributed by atoms with Crippen molar-refractivity contribution < 1.29 is 0 Å². The average Bonchev–Trinajstić information content (AvgIpc) is 1.59. The van der Waals surface area contributed by atoms with Crippen molar-refractivity contribution in [3.05, 3.63) is 437 Å². The van der Waals surface area contributed by atoms with Gasteiger partial charge in [-0.3, -0.25) is 0 Å². The standard InChI is InChI=1S/C106H72N4/c1-4-18-73(19-5-1)77-38-54-90(55-39-77)107(94-62-48-83(49-63-94)88-52-68-105-100(71-88)98-29-12-14-31-103(98)109(105)96-66-44-79(45-67-96)75-22-8-3-9-23-75)92-58-42-80(43-59-92)76-34-36-81(37-35-76)86-26-16-27-87(70-86)82-46-60-93(61-47-82)108(91-56-40-78(41-57-91)74-20-6-2-7-21-74)95-64-50-84(51-65-95)89-53-69-106-101(72-89)99-30-13-15-32-104(99)110(106)102-33-17-25-85-24-10-11-28-97(85)102/h1-72H. The van der Waals surface area contributed by atoms with Crippen LogP contribution in [0.2, 0.25) is 0 Å². The molecule has 0 unspecified atom stereocenters. The molecule has 18 aromatic carbocycles. The van der Waals surface area contributed by atoms with Crippen molar-refractivity contribution in [2.45, 2.75) is 0 Å². The summed E-state index contributed by atoms with van der Waals surface area (Å²) in [7, 11) is 0. The molecule has 4 nitrogen and oxygen atoms in total. The molecule has 2 aromatic heterocycles. The van der Waals surface area contributed by atoms with Crippen LogP contribution in [0.25, 0.3) is 155 Å². The molecule has 0 amide bonds. The highest BCUT2D eigenvalue weighted by Gasteiger charge is 2.21. The van der Waals surface area contributed by atoms with E-state index in [1.54, 1.807) is 0 Å². The molecular formula is C106H72N4. The van der Waals surface area contributed by atoms with Crippen LogP contribution >= 0.6 is 0 Å². The molecule has 0 atom stereocenters. The monoisotopic (exact) mass is 1400 g/mol. The molecule has 4 heteroatoms. The second-order valence-corrected chi connectivity index (χ2v) is 28.4. The number of para-hydroxylation sites is 2. The molecule has 0 fully saturated rings. The van der Waals surface area contributed by atoms with Gasteiger partial charge in [-0.15, -0.1) is 0 Å². The van der Waals surface area contributed by atoms with E-state index in [1.165, 1.54) is 105 Å². The van der Waals surface area contributed by atoms with Crippen LogP contribution in [0.15, 0.2) is 437 Å². The minimum absolute atomic E-state index is 1.07. The third-order valence-electron chi connectivity index (χ3n) is 22.0. The number of hydrogen-bond donors (Lipinski definition) is 0. The molecular weight excluding hydrogens is 1330 g/mol. The lowest BCUT2D eigenvalue weighted by atomic mass is 9.97. The van der Waals surface area contributed by atoms with Crippen LogP contribution in [0.1, 0.15) is 0 Å². The van der Waals surface area contributed by atoms with Gasteiger partial charge in [0.2, 0.25) is 0 Å². The third kappa shape index (κ3) is 12.1. The van der Waals surface area contributed by atoms with Gasteiger partial charge in [0.15, 0.2) is 0 Å². The molecule has 0 spiro atoms. The minimum Gasteiger partial charge on any atom is -0.311 e. The molecule has 110 heavy (non-hydrogen) atoms. The van der Waals surface area contributed by atoms with Crippen LogP contribution < -0.4 is 9.80 Å².